The summed E-state index contributed by atoms with van der Waals surface area (Å²) in [6.07, 6.45) is 5.23. The minimum absolute atomic E-state index is 0.0464. The SMILES string of the molecule is C[C@@H](CCc1ccccc1)NC(=O)c1csc(CSc2nnc(-c3ccncc3)n2-c2cccc(Cl)c2)n1. The molecular weight excluding hydrogens is 536 g/mol. The molecule has 1 N–H and O–H groups in total. The quantitative estimate of drug-likeness (QED) is 0.197. The maximum absolute atomic E-state index is 12.8. The summed E-state index contributed by atoms with van der Waals surface area (Å²) in [6, 6.07) is 21.7. The third-order valence-corrected chi connectivity index (χ3v) is 8.04. The van der Waals surface area contributed by atoms with E-state index < -0.39 is 0 Å². The number of pyridine rings is 1. The highest BCUT2D eigenvalue weighted by Gasteiger charge is 2.18. The fraction of sp³-hybridized carbons (Fsp3) is 0.179. The number of nitrogens with one attached hydrogen (secondary N) is 1. The molecule has 0 saturated heterocycles. The van der Waals surface area contributed by atoms with Crippen molar-refractivity contribution in [3.8, 4) is 17.1 Å². The van der Waals surface area contributed by atoms with Crippen molar-refractivity contribution in [2.75, 3.05) is 0 Å². The Balaban J connectivity index is 1.26. The number of hydrogen-bond acceptors (Lipinski definition) is 7. The molecule has 0 bridgehead atoms. The molecule has 1 amide bonds. The fourth-order valence-corrected chi connectivity index (χ4v) is 5.83. The van der Waals surface area contributed by atoms with Crippen LogP contribution in [0.2, 0.25) is 5.02 Å². The van der Waals surface area contributed by atoms with Gasteiger partial charge in [-0.25, -0.2) is 4.98 Å². The molecule has 3 aromatic heterocycles. The number of thiazole rings is 1. The molecule has 38 heavy (non-hydrogen) atoms. The number of benzene rings is 2. The van der Waals surface area contributed by atoms with E-state index in [0.717, 1.165) is 29.1 Å². The van der Waals surface area contributed by atoms with E-state index in [1.807, 2.05) is 66.1 Å². The first-order valence-electron chi connectivity index (χ1n) is 12.1. The van der Waals surface area contributed by atoms with E-state index in [1.54, 1.807) is 17.8 Å². The number of aryl methyl sites for hydroxylation is 1. The van der Waals surface area contributed by atoms with Crippen LogP contribution in [0.4, 0.5) is 0 Å². The van der Waals surface area contributed by atoms with Gasteiger partial charge < -0.3 is 5.32 Å². The Labute approximate surface area is 234 Å². The van der Waals surface area contributed by atoms with Gasteiger partial charge in [0.15, 0.2) is 11.0 Å². The van der Waals surface area contributed by atoms with Gasteiger partial charge in [-0.1, -0.05) is 59.8 Å². The van der Waals surface area contributed by atoms with Crippen LogP contribution in [0.1, 0.15) is 34.4 Å². The predicted molar refractivity (Wildman–Crippen MR) is 153 cm³/mol. The van der Waals surface area contributed by atoms with Crippen molar-refractivity contribution in [1.82, 2.24) is 30.0 Å². The summed E-state index contributed by atoms with van der Waals surface area (Å²) < 4.78 is 1.97. The van der Waals surface area contributed by atoms with Crippen molar-refractivity contribution in [2.24, 2.45) is 0 Å². The van der Waals surface area contributed by atoms with E-state index in [1.165, 1.54) is 28.7 Å². The monoisotopic (exact) mass is 560 g/mol. The minimum atomic E-state index is -0.153. The van der Waals surface area contributed by atoms with Crippen LogP contribution in [0, 0.1) is 0 Å². The number of nitrogens with zero attached hydrogens (tertiary/aromatic N) is 5. The molecule has 0 fully saturated rings. The second-order valence-corrected chi connectivity index (χ2v) is 11.0. The summed E-state index contributed by atoms with van der Waals surface area (Å²) in [5, 5.41) is 15.9. The zero-order chi connectivity index (χ0) is 26.3. The van der Waals surface area contributed by atoms with Gasteiger partial charge in [0, 0.05) is 34.4 Å². The molecule has 0 aliphatic heterocycles. The second kappa shape index (κ2) is 12.3. The first-order chi connectivity index (χ1) is 18.6. The summed E-state index contributed by atoms with van der Waals surface area (Å²) in [7, 11) is 0. The molecule has 0 unspecified atom stereocenters. The topological polar surface area (TPSA) is 85.6 Å². The van der Waals surface area contributed by atoms with Crippen LogP contribution in [0.3, 0.4) is 0 Å². The molecule has 1 atom stereocenters. The number of thioether (sulfide) groups is 1. The molecule has 2 aromatic carbocycles. The third-order valence-electron chi connectivity index (χ3n) is 5.83. The van der Waals surface area contributed by atoms with Crippen LogP contribution in [-0.2, 0) is 12.2 Å². The number of rotatable bonds is 10. The molecule has 7 nitrogen and oxygen atoms in total. The number of carbonyl (C=O) groups is 1. The van der Waals surface area contributed by atoms with Gasteiger partial charge in [-0.05, 0) is 55.7 Å². The largest absolute Gasteiger partial charge is 0.348 e. The molecular formula is C28H25ClN6OS2. The Kier molecular flexibility index (Phi) is 8.47. The van der Waals surface area contributed by atoms with Crippen LogP contribution >= 0.6 is 34.7 Å². The molecule has 10 heteroatoms. The van der Waals surface area contributed by atoms with Gasteiger partial charge in [0.05, 0.1) is 11.4 Å². The number of halogens is 1. The number of hydrogen-bond donors (Lipinski definition) is 1. The lowest BCUT2D eigenvalue weighted by atomic mass is 10.1. The Morgan fingerprint density at radius 2 is 1.89 bits per heavy atom. The molecule has 0 spiro atoms. The Hall–Kier alpha value is -3.53. The highest BCUT2D eigenvalue weighted by molar-refractivity contribution is 7.98. The van der Waals surface area contributed by atoms with Gasteiger partial charge in [-0.15, -0.1) is 21.5 Å². The average molecular weight is 561 g/mol. The standard InChI is InChI=1S/C28H25ClN6OS2/c1-19(10-11-20-6-3-2-4-7-20)31-27(36)24-17-37-25(32-24)18-38-28-34-33-26(21-12-14-30-15-13-21)35(28)23-9-5-8-22(29)16-23/h2-9,12-17,19H,10-11,18H2,1H3,(H,31,36)/t19-/m0/s1. The van der Waals surface area contributed by atoms with E-state index in [2.05, 4.69) is 37.6 Å². The van der Waals surface area contributed by atoms with Crippen molar-refractivity contribution in [3.63, 3.8) is 0 Å². The molecule has 0 radical (unpaired) electrons. The van der Waals surface area contributed by atoms with Crippen molar-refractivity contribution < 1.29 is 4.79 Å². The van der Waals surface area contributed by atoms with E-state index >= 15 is 0 Å². The zero-order valence-corrected chi connectivity index (χ0v) is 23.0. The highest BCUT2D eigenvalue weighted by atomic mass is 35.5. The number of aromatic nitrogens is 5. The summed E-state index contributed by atoms with van der Waals surface area (Å²) in [5.41, 5.74) is 3.46. The Morgan fingerprint density at radius 1 is 1.08 bits per heavy atom. The van der Waals surface area contributed by atoms with Gasteiger partial charge in [-0.3, -0.25) is 14.3 Å². The maximum Gasteiger partial charge on any atom is 0.270 e. The molecule has 0 aliphatic carbocycles. The minimum Gasteiger partial charge on any atom is -0.348 e. The van der Waals surface area contributed by atoms with Crippen LogP contribution in [0.25, 0.3) is 17.1 Å². The number of carbonyl (C=O) groups excluding carboxylic acids is 1. The first-order valence-corrected chi connectivity index (χ1v) is 14.3. The lowest BCUT2D eigenvalue weighted by Crippen LogP contribution is -2.33. The fourth-order valence-electron chi connectivity index (χ4n) is 3.90. The summed E-state index contributed by atoms with van der Waals surface area (Å²) in [6.45, 7) is 2.02. The van der Waals surface area contributed by atoms with Gasteiger partial charge in [0.2, 0.25) is 0 Å². The lowest BCUT2D eigenvalue weighted by Gasteiger charge is -2.12. The molecule has 0 saturated carbocycles. The van der Waals surface area contributed by atoms with E-state index in [4.69, 9.17) is 11.6 Å². The zero-order valence-electron chi connectivity index (χ0n) is 20.6. The van der Waals surface area contributed by atoms with Crippen molar-refractivity contribution in [3.05, 3.63) is 106 Å². The van der Waals surface area contributed by atoms with E-state index in [9.17, 15) is 4.79 Å². The molecule has 192 valence electrons. The summed E-state index contributed by atoms with van der Waals surface area (Å²) >= 11 is 9.26. The van der Waals surface area contributed by atoms with Crippen molar-refractivity contribution >= 4 is 40.6 Å². The van der Waals surface area contributed by atoms with Crippen LogP contribution < -0.4 is 5.32 Å². The average Bonchev–Trinajstić information content (AvgIpc) is 3.59. The predicted octanol–water partition coefficient (Wildman–Crippen LogP) is 6.48. The van der Waals surface area contributed by atoms with Gasteiger partial charge in [0.1, 0.15) is 10.7 Å². The molecule has 5 aromatic rings. The van der Waals surface area contributed by atoms with E-state index in [-0.39, 0.29) is 11.9 Å². The molecule has 0 aliphatic rings. The molecule has 5 rings (SSSR count). The van der Waals surface area contributed by atoms with E-state index in [0.29, 0.717) is 27.5 Å². The van der Waals surface area contributed by atoms with Crippen molar-refractivity contribution in [1.29, 1.82) is 0 Å². The third kappa shape index (κ3) is 6.48. The van der Waals surface area contributed by atoms with Crippen LogP contribution in [0.5, 0.6) is 0 Å². The first kappa shape index (κ1) is 26.1. The normalized spacial score (nSPS) is 11.8. The Bertz CT molecular complexity index is 1510. The second-order valence-electron chi connectivity index (χ2n) is 8.67. The smallest absolute Gasteiger partial charge is 0.270 e. The number of amides is 1. The van der Waals surface area contributed by atoms with Crippen molar-refractivity contribution in [2.45, 2.75) is 36.7 Å². The van der Waals surface area contributed by atoms with Gasteiger partial charge in [-0.2, -0.15) is 0 Å². The van der Waals surface area contributed by atoms with Gasteiger partial charge >= 0.3 is 0 Å². The maximum atomic E-state index is 12.8. The summed E-state index contributed by atoms with van der Waals surface area (Å²) in [5.74, 6) is 1.09. The Morgan fingerprint density at radius 3 is 2.68 bits per heavy atom. The molecule has 3 heterocycles. The van der Waals surface area contributed by atoms with Gasteiger partial charge in [0.25, 0.3) is 5.91 Å². The highest BCUT2D eigenvalue weighted by Crippen LogP contribution is 2.31. The summed E-state index contributed by atoms with van der Waals surface area (Å²) in [4.78, 5) is 21.4. The van der Waals surface area contributed by atoms with Crippen LogP contribution in [-0.4, -0.2) is 36.7 Å². The lowest BCUT2D eigenvalue weighted by molar-refractivity contribution is 0.0934. The van der Waals surface area contributed by atoms with Crippen LogP contribution in [0.15, 0.2) is 89.7 Å².